The molecule has 0 amide bonds. The van der Waals surface area contributed by atoms with Crippen molar-refractivity contribution in [3.8, 4) is 11.5 Å². The van der Waals surface area contributed by atoms with Gasteiger partial charge in [-0.3, -0.25) is 20.2 Å². The Morgan fingerprint density at radius 3 is 1.46 bits per heavy atom. The molecule has 11 heteroatoms. The lowest BCUT2D eigenvalue weighted by Gasteiger charge is -2.15. The lowest BCUT2D eigenvalue weighted by molar-refractivity contribution is -0.386. The van der Waals surface area contributed by atoms with Gasteiger partial charge in [0.15, 0.2) is 0 Å². The molecule has 24 heavy (non-hydrogen) atoms. The molecule has 0 radical (unpaired) electrons. The van der Waals surface area contributed by atoms with Gasteiger partial charge in [-0.05, 0) is 12.1 Å². The second kappa shape index (κ2) is 6.48. The molecule has 0 unspecified atom stereocenters. The Morgan fingerprint density at radius 2 is 1.17 bits per heavy atom. The number of phenols is 2. The molecule has 2 aromatic rings. The zero-order chi connectivity index (χ0) is 18.2. The molecular formula is C13H8Cl2N2O7. The summed E-state index contributed by atoms with van der Waals surface area (Å²) < 4.78 is 0. The number of aromatic hydroxyl groups is 2. The van der Waals surface area contributed by atoms with E-state index >= 15 is 0 Å². The van der Waals surface area contributed by atoms with E-state index in [0.29, 0.717) is 0 Å². The summed E-state index contributed by atoms with van der Waals surface area (Å²) in [5.74, 6) is -1.78. The Labute approximate surface area is 143 Å². The molecule has 0 spiro atoms. The van der Waals surface area contributed by atoms with E-state index in [2.05, 4.69) is 0 Å². The number of nitro groups is 2. The van der Waals surface area contributed by atoms with Gasteiger partial charge in [0, 0.05) is 33.3 Å². The molecule has 2 aromatic carbocycles. The largest absolute Gasteiger partial charge is 0.502 e. The van der Waals surface area contributed by atoms with Crippen LogP contribution in [-0.2, 0) is 0 Å². The maximum Gasteiger partial charge on any atom is 0.312 e. The van der Waals surface area contributed by atoms with Crippen molar-refractivity contribution < 1.29 is 25.2 Å². The molecule has 0 atom stereocenters. The average molecular weight is 375 g/mol. The zero-order valence-electron chi connectivity index (χ0n) is 11.5. The van der Waals surface area contributed by atoms with Gasteiger partial charge in [0.05, 0.1) is 9.85 Å². The van der Waals surface area contributed by atoms with Crippen LogP contribution < -0.4 is 0 Å². The van der Waals surface area contributed by atoms with Crippen molar-refractivity contribution in [3.05, 3.63) is 65.7 Å². The molecule has 0 saturated carbocycles. The summed E-state index contributed by atoms with van der Waals surface area (Å²) >= 11 is 11.5. The van der Waals surface area contributed by atoms with Gasteiger partial charge in [0.1, 0.15) is 6.10 Å². The zero-order valence-corrected chi connectivity index (χ0v) is 13.0. The van der Waals surface area contributed by atoms with Crippen LogP contribution in [0.5, 0.6) is 11.5 Å². The molecule has 3 N–H and O–H groups in total. The number of aliphatic hydroxyl groups is 1. The monoisotopic (exact) mass is 374 g/mol. The van der Waals surface area contributed by atoms with Crippen molar-refractivity contribution in [2.24, 2.45) is 0 Å². The molecular weight excluding hydrogens is 367 g/mol. The number of hydrogen-bond acceptors (Lipinski definition) is 7. The maximum absolute atomic E-state index is 10.9. The van der Waals surface area contributed by atoms with Gasteiger partial charge in [-0.25, -0.2) is 0 Å². The SMILES string of the molecule is O=[N+]([O-])c1cc(Cl)cc(C(O)c2cc(Cl)cc([N+](=O)[O-])c2O)c1O. The first-order valence-electron chi connectivity index (χ1n) is 6.15. The lowest BCUT2D eigenvalue weighted by Crippen LogP contribution is -2.04. The van der Waals surface area contributed by atoms with Gasteiger partial charge in [0.2, 0.25) is 11.5 Å². The first-order valence-corrected chi connectivity index (χ1v) is 6.90. The van der Waals surface area contributed by atoms with Crippen molar-refractivity contribution in [1.82, 2.24) is 0 Å². The Bertz CT molecular complexity index is 787. The van der Waals surface area contributed by atoms with Crippen molar-refractivity contribution in [3.63, 3.8) is 0 Å². The van der Waals surface area contributed by atoms with E-state index in [1.165, 1.54) is 0 Å². The van der Waals surface area contributed by atoms with Crippen molar-refractivity contribution >= 4 is 34.6 Å². The summed E-state index contributed by atoms with van der Waals surface area (Å²) in [5, 5.41) is 51.7. The van der Waals surface area contributed by atoms with Gasteiger partial charge in [0.25, 0.3) is 0 Å². The molecule has 0 aliphatic rings. The molecule has 0 fully saturated rings. The third kappa shape index (κ3) is 3.18. The van der Waals surface area contributed by atoms with Crippen LogP contribution in [0.3, 0.4) is 0 Å². The summed E-state index contributed by atoms with van der Waals surface area (Å²) in [6.07, 6.45) is -1.85. The number of nitrogens with zero attached hydrogens (tertiary/aromatic N) is 2. The summed E-state index contributed by atoms with van der Waals surface area (Å²) in [6, 6.07) is 3.79. The van der Waals surface area contributed by atoms with Crippen molar-refractivity contribution in [1.29, 1.82) is 0 Å². The molecule has 126 valence electrons. The predicted molar refractivity (Wildman–Crippen MR) is 83.6 cm³/mol. The van der Waals surface area contributed by atoms with E-state index in [-0.39, 0.29) is 10.0 Å². The quantitative estimate of drug-likeness (QED) is 0.549. The number of halogens is 2. The van der Waals surface area contributed by atoms with E-state index in [1.807, 2.05) is 0 Å². The van der Waals surface area contributed by atoms with Crippen LogP contribution in [0.2, 0.25) is 10.0 Å². The van der Waals surface area contributed by atoms with Crippen LogP contribution in [0.25, 0.3) is 0 Å². The predicted octanol–water partition coefficient (Wildman–Crippen LogP) is 3.30. The Hall–Kier alpha value is -2.62. The molecule has 0 aliphatic carbocycles. The number of hydrogen-bond donors (Lipinski definition) is 3. The number of aliphatic hydroxyl groups excluding tert-OH is 1. The van der Waals surface area contributed by atoms with E-state index in [0.717, 1.165) is 24.3 Å². The Morgan fingerprint density at radius 1 is 0.833 bits per heavy atom. The minimum Gasteiger partial charge on any atom is -0.502 e. The van der Waals surface area contributed by atoms with Gasteiger partial charge < -0.3 is 15.3 Å². The fourth-order valence-electron chi connectivity index (χ4n) is 2.07. The highest BCUT2D eigenvalue weighted by Gasteiger charge is 2.29. The summed E-state index contributed by atoms with van der Waals surface area (Å²) in [4.78, 5) is 20.0. The fourth-order valence-corrected chi connectivity index (χ4v) is 2.52. The molecule has 0 aromatic heterocycles. The molecule has 2 rings (SSSR count). The highest BCUT2D eigenvalue weighted by atomic mass is 35.5. The third-order valence-electron chi connectivity index (χ3n) is 3.15. The van der Waals surface area contributed by atoms with Crippen molar-refractivity contribution in [2.75, 3.05) is 0 Å². The molecule has 0 bridgehead atoms. The minimum atomic E-state index is -1.85. The van der Waals surface area contributed by atoms with Gasteiger partial charge in [-0.1, -0.05) is 23.2 Å². The van der Waals surface area contributed by atoms with E-state index in [4.69, 9.17) is 23.2 Å². The van der Waals surface area contributed by atoms with E-state index in [1.54, 1.807) is 0 Å². The summed E-state index contributed by atoms with van der Waals surface area (Å²) in [5.41, 5.74) is -2.37. The van der Waals surface area contributed by atoms with Gasteiger partial charge >= 0.3 is 11.4 Å². The Balaban J connectivity index is 2.68. The highest BCUT2D eigenvalue weighted by Crippen LogP contribution is 2.43. The standard InChI is InChI=1S/C13H8Cl2N2O7/c14-5-1-7(12(19)9(3-5)16(21)22)11(18)8-2-6(15)4-10(13(8)20)17(23)24/h1-4,11,18-20H. The van der Waals surface area contributed by atoms with E-state index in [9.17, 15) is 35.5 Å². The fraction of sp³-hybridized carbons (Fsp3) is 0.0769. The van der Waals surface area contributed by atoms with Crippen LogP contribution in [0.15, 0.2) is 24.3 Å². The van der Waals surface area contributed by atoms with Gasteiger partial charge in [-0.2, -0.15) is 0 Å². The summed E-state index contributed by atoms with van der Waals surface area (Å²) in [7, 11) is 0. The molecule has 0 aliphatic heterocycles. The third-order valence-corrected chi connectivity index (χ3v) is 3.59. The first-order chi connectivity index (χ1) is 11.1. The van der Waals surface area contributed by atoms with Crippen LogP contribution in [0.1, 0.15) is 17.2 Å². The second-order valence-corrected chi connectivity index (χ2v) is 5.52. The molecule has 0 heterocycles. The van der Waals surface area contributed by atoms with E-state index < -0.39 is 50.0 Å². The van der Waals surface area contributed by atoms with Crippen LogP contribution in [0.4, 0.5) is 11.4 Å². The topological polar surface area (TPSA) is 147 Å². The number of benzene rings is 2. The Kier molecular flexibility index (Phi) is 4.78. The normalized spacial score (nSPS) is 10.8. The highest BCUT2D eigenvalue weighted by molar-refractivity contribution is 6.31. The minimum absolute atomic E-state index is 0.162. The maximum atomic E-state index is 10.9. The first kappa shape index (κ1) is 17.7. The average Bonchev–Trinajstić information content (AvgIpc) is 2.49. The number of nitro benzene ring substituents is 2. The van der Waals surface area contributed by atoms with Crippen LogP contribution >= 0.6 is 23.2 Å². The second-order valence-electron chi connectivity index (χ2n) is 4.64. The number of rotatable bonds is 4. The van der Waals surface area contributed by atoms with Crippen molar-refractivity contribution in [2.45, 2.75) is 6.10 Å². The summed E-state index contributed by atoms with van der Waals surface area (Å²) in [6.45, 7) is 0. The molecule has 0 saturated heterocycles. The lowest BCUT2D eigenvalue weighted by atomic mass is 9.98. The van der Waals surface area contributed by atoms with Crippen LogP contribution in [-0.4, -0.2) is 25.2 Å². The number of phenolic OH excluding ortho intramolecular Hbond substituents is 2. The molecule has 9 nitrogen and oxygen atoms in total. The smallest absolute Gasteiger partial charge is 0.312 e. The van der Waals surface area contributed by atoms with Crippen LogP contribution in [0, 0.1) is 20.2 Å². The van der Waals surface area contributed by atoms with Gasteiger partial charge in [-0.15, -0.1) is 0 Å².